The van der Waals surface area contributed by atoms with Crippen molar-refractivity contribution >= 4 is 17.4 Å². The molecule has 1 fully saturated rings. The number of hydrogen-bond donors (Lipinski definition) is 0. The molecule has 2 rings (SSSR count). The summed E-state index contributed by atoms with van der Waals surface area (Å²) in [5, 5.41) is 5.71. The summed E-state index contributed by atoms with van der Waals surface area (Å²) in [6, 6.07) is 9.62. The van der Waals surface area contributed by atoms with E-state index in [-0.39, 0.29) is 6.03 Å². The molecule has 4 nitrogen and oxygen atoms in total. The number of hydrazone groups is 1. The molecule has 0 spiro atoms. The standard InChI is InChI=1S/C12H15N3O/c1-10(2)13-15-9-8-14(12(15)16)11-6-4-3-5-7-11/h3-7H,8-9H2,1-2H3. The molecule has 1 aromatic rings. The van der Waals surface area contributed by atoms with Gasteiger partial charge in [-0.15, -0.1) is 0 Å². The van der Waals surface area contributed by atoms with Gasteiger partial charge >= 0.3 is 6.03 Å². The topological polar surface area (TPSA) is 35.9 Å². The van der Waals surface area contributed by atoms with E-state index in [4.69, 9.17) is 0 Å². The second-order valence-corrected chi connectivity index (χ2v) is 3.94. The van der Waals surface area contributed by atoms with Gasteiger partial charge < -0.3 is 0 Å². The van der Waals surface area contributed by atoms with E-state index in [9.17, 15) is 4.79 Å². The Hall–Kier alpha value is -1.84. The van der Waals surface area contributed by atoms with Gasteiger partial charge in [0.2, 0.25) is 0 Å². The third-order valence-electron chi connectivity index (χ3n) is 2.38. The summed E-state index contributed by atoms with van der Waals surface area (Å²) >= 11 is 0. The minimum Gasteiger partial charge on any atom is -0.291 e. The van der Waals surface area contributed by atoms with Gasteiger partial charge in [0.05, 0.1) is 6.54 Å². The summed E-state index contributed by atoms with van der Waals surface area (Å²) in [6.07, 6.45) is 0. The molecule has 0 N–H and O–H groups in total. The van der Waals surface area contributed by atoms with Crippen molar-refractivity contribution in [1.29, 1.82) is 0 Å². The van der Waals surface area contributed by atoms with Gasteiger partial charge in [0, 0.05) is 17.9 Å². The molecule has 0 radical (unpaired) electrons. The van der Waals surface area contributed by atoms with Crippen molar-refractivity contribution in [2.24, 2.45) is 5.10 Å². The Kier molecular flexibility index (Phi) is 2.90. The number of carbonyl (C=O) groups is 1. The molecule has 0 aliphatic carbocycles. The largest absolute Gasteiger partial charge is 0.345 e. The van der Waals surface area contributed by atoms with Gasteiger partial charge in [0.1, 0.15) is 0 Å². The number of anilines is 1. The molecule has 0 saturated carbocycles. The van der Waals surface area contributed by atoms with Gasteiger partial charge in [-0.1, -0.05) is 18.2 Å². The van der Waals surface area contributed by atoms with Gasteiger partial charge in [-0.3, -0.25) is 4.90 Å². The fourth-order valence-electron chi connectivity index (χ4n) is 1.71. The lowest BCUT2D eigenvalue weighted by Crippen LogP contribution is -2.29. The fraction of sp³-hybridized carbons (Fsp3) is 0.333. The van der Waals surface area contributed by atoms with Crippen LogP contribution in [0.4, 0.5) is 10.5 Å². The van der Waals surface area contributed by atoms with E-state index in [1.807, 2.05) is 44.2 Å². The number of benzene rings is 1. The fourth-order valence-corrected chi connectivity index (χ4v) is 1.71. The molecular formula is C12H15N3O. The van der Waals surface area contributed by atoms with Crippen molar-refractivity contribution < 1.29 is 4.79 Å². The summed E-state index contributed by atoms with van der Waals surface area (Å²) in [5.74, 6) is 0. The molecule has 0 unspecified atom stereocenters. The molecule has 0 atom stereocenters. The van der Waals surface area contributed by atoms with E-state index in [2.05, 4.69) is 5.10 Å². The smallest absolute Gasteiger partial charge is 0.291 e. The van der Waals surface area contributed by atoms with Gasteiger partial charge in [-0.25, -0.2) is 9.80 Å². The van der Waals surface area contributed by atoms with E-state index in [1.165, 1.54) is 5.01 Å². The molecular weight excluding hydrogens is 202 g/mol. The van der Waals surface area contributed by atoms with E-state index in [0.29, 0.717) is 13.1 Å². The van der Waals surface area contributed by atoms with E-state index in [0.717, 1.165) is 11.4 Å². The van der Waals surface area contributed by atoms with Crippen molar-refractivity contribution in [3.63, 3.8) is 0 Å². The van der Waals surface area contributed by atoms with E-state index >= 15 is 0 Å². The lowest BCUT2D eigenvalue weighted by Gasteiger charge is -2.15. The Labute approximate surface area is 95.2 Å². The zero-order valence-corrected chi connectivity index (χ0v) is 9.55. The highest BCUT2D eigenvalue weighted by atomic mass is 16.2. The lowest BCUT2D eigenvalue weighted by atomic mass is 10.3. The number of rotatable bonds is 2. The Morgan fingerprint density at radius 1 is 1.19 bits per heavy atom. The first-order valence-electron chi connectivity index (χ1n) is 5.34. The second kappa shape index (κ2) is 4.35. The van der Waals surface area contributed by atoms with Crippen LogP contribution in [0.25, 0.3) is 0 Å². The molecule has 0 aromatic heterocycles. The van der Waals surface area contributed by atoms with Crippen LogP contribution in [0.5, 0.6) is 0 Å². The molecule has 4 heteroatoms. The van der Waals surface area contributed by atoms with Crippen LogP contribution >= 0.6 is 0 Å². The first-order chi connectivity index (χ1) is 7.68. The first kappa shape index (κ1) is 10.7. The van der Waals surface area contributed by atoms with Crippen LogP contribution in [0.15, 0.2) is 35.4 Å². The van der Waals surface area contributed by atoms with Crippen molar-refractivity contribution in [1.82, 2.24) is 5.01 Å². The van der Waals surface area contributed by atoms with Gasteiger partial charge in [0.25, 0.3) is 0 Å². The first-order valence-corrected chi connectivity index (χ1v) is 5.34. The second-order valence-electron chi connectivity index (χ2n) is 3.94. The zero-order valence-electron chi connectivity index (χ0n) is 9.55. The van der Waals surface area contributed by atoms with E-state index in [1.54, 1.807) is 4.90 Å². The number of hydrogen-bond acceptors (Lipinski definition) is 2. The third kappa shape index (κ3) is 2.05. The third-order valence-corrected chi connectivity index (χ3v) is 2.38. The summed E-state index contributed by atoms with van der Waals surface area (Å²) < 4.78 is 0. The van der Waals surface area contributed by atoms with Crippen LogP contribution in [0.1, 0.15) is 13.8 Å². The average Bonchev–Trinajstić information content (AvgIpc) is 2.61. The molecule has 16 heavy (non-hydrogen) atoms. The van der Waals surface area contributed by atoms with Gasteiger partial charge in [0.15, 0.2) is 0 Å². The van der Waals surface area contributed by atoms with Crippen molar-refractivity contribution in [3.05, 3.63) is 30.3 Å². The van der Waals surface area contributed by atoms with Crippen LogP contribution in [0.2, 0.25) is 0 Å². The Morgan fingerprint density at radius 2 is 1.88 bits per heavy atom. The van der Waals surface area contributed by atoms with Crippen LogP contribution in [0, 0.1) is 0 Å². The van der Waals surface area contributed by atoms with Crippen molar-refractivity contribution in [2.45, 2.75) is 13.8 Å². The van der Waals surface area contributed by atoms with Crippen LogP contribution in [-0.4, -0.2) is 29.8 Å². The predicted octanol–water partition coefficient (Wildman–Crippen LogP) is 2.32. The highest BCUT2D eigenvalue weighted by Crippen LogP contribution is 2.19. The van der Waals surface area contributed by atoms with Gasteiger partial charge in [-0.2, -0.15) is 5.10 Å². The lowest BCUT2D eigenvalue weighted by molar-refractivity contribution is 0.222. The number of carbonyl (C=O) groups excluding carboxylic acids is 1. The zero-order chi connectivity index (χ0) is 11.5. The molecule has 2 amide bonds. The molecule has 0 bridgehead atoms. The number of urea groups is 1. The number of amides is 2. The maximum Gasteiger partial charge on any atom is 0.345 e. The normalized spacial score (nSPS) is 15.5. The molecule has 1 aliphatic heterocycles. The predicted molar refractivity (Wildman–Crippen MR) is 64.7 cm³/mol. The summed E-state index contributed by atoms with van der Waals surface area (Å²) in [6.45, 7) is 5.12. The number of para-hydroxylation sites is 1. The minimum absolute atomic E-state index is 0.0487. The Morgan fingerprint density at radius 3 is 2.50 bits per heavy atom. The maximum atomic E-state index is 12.0. The summed E-state index contributed by atoms with van der Waals surface area (Å²) in [7, 11) is 0. The van der Waals surface area contributed by atoms with Crippen molar-refractivity contribution in [2.75, 3.05) is 18.0 Å². The monoisotopic (exact) mass is 217 g/mol. The maximum absolute atomic E-state index is 12.0. The number of nitrogens with zero attached hydrogens (tertiary/aromatic N) is 3. The minimum atomic E-state index is -0.0487. The van der Waals surface area contributed by atoms with E-state index < -0.39 is 0 Å². The Balaban J connectivity index is 2.17. The molecule has 1 heterocycles. The molecule has 1 aliphatic rings. The SMILES string of the molecule is CC(C)=NN1CCN(c2ccccc2)C1=O. The summed E-state index contributed by atoms with van der Waals surface area (Å²) in [4.78, 5) is 13.7. The Bertz CT molecular complexity index is 410. The van der Waals surface area contributed by atoms with Crippen LogP contribution in [0.3, 0.4) is 0 Å². The van der Waals surface area contributed by atoms with Crippen molar-refractivity contribution in [3.8, 4) is 0 Å². The quantitative estimate of drug-likeness (QED) is 0.700. The molecule has 1 saturated heterocycles. The summed E-state index contributed by atoms with van der Waals surface area (Å²) in [5.41, 5.74) is 1.82. The highest BCUT2D eigenvalue weighted by Gasteiger charge is 2.29. The molecule has 1 aromatic carbocycles. The highest BCUT2D eigenvalue weighted by molar-refractivity contribution is 5.94. The average molecular weight is 217 g/mol. The van der Waals surface area contributed by atoms with Gasteiger partial charge in [-0.05, 0) is 26.0 Å². The van der Waals surface area contributed by atoms with Crippen LogP contribution < -0.4 is 4.90 Å². The molecule has 84 valence electrons. The van der Waals surface area contributed by atoms with Crippen LogP contribution in [-0.2, 0) is 0 Å².